The zero-order valence-electron chi connectivity index (χ0n) is 57.8. The minimum absolute atomic E-state index is 0.0244. The number of rotatable bonds is 22. The number of carbonyl (C=O) groups is 5. The lowest BCUT2D eigenvalue weighted by atomic mass is 9.73. The second-order valence-electron chi connectivity index (χ2n) is 25.5. The molecule has 10 aromatic carbocycles. The van der Waals surface area contributed by atoms with E-state index in [-0.39, 0.29) is 118 Å². The fourth-order valence-electron chi connectivity index (χ4n) is 13.5. The van der Waals surface area contributed by atoms with Crippen molar-refractivity contribution in [1.82, 2.24) is 0 Å². The predicted molar refractivity (Wildman–Crippen MR) is 379 cm³/mol. The van der Waals surface area contributed by atoms with Gasteiger partial charge in [-0.1, -0.05) is 140 Å². The first-order valence-electron chi connectivity index (χ1n) is 33.8. The molecule has 0 radical (unpaired) electrons. The molecule has 3 aliphatic heterocycles. The van der Waals surface area contributed by atoms with Crippen molar-refractivity contribution in [2.45, 2.75) is 116 Å². The number of hydrogen-bond donors (Lipinski definition) is 6. The first-order chi connectivity index (χ1) is 51.1. The van der Waals surface area contributed by atoms with Crippen LogP contribution < -0.4 is 52.1 Å². The minimum Gasteiger partial charge on any atom is -0.507 e. The Morgan fingerprint density at radius 1 is 0.358 bits per heavy atom. The van der Waals surface area contributed by atoms with Crippen LogP contribution >= 0.6 is 0 Å². The summed E-state index contributed by atoms with van der Waals surface area (Å²) in [4.78, 5) is 65.3. The molecule has 3 aliphatic rings. The van der Waals surface area contributed by atoms with Crippen molar-refractivity contribution in [3.63, 3.8) is 0 Å². The number of phenols is 4. The summed E-state index contributed by atoms with van der Waals surface area (Å²) in [5.74, 6) is -11.3. The Hall–Kier alpha value is -12.7. The van der Waals surface area contributed by atoms with Crippen molar-refractivity contribution in [3.05, 3.63) is 267 Å². The van der Waals surface area contributed by atoms with E-state index in [4.69, 9.17) is 56.8 Å². The SMILES string of the molecule is CC(=O)Oc1ccc(C2Oc3c(c(OC(C)=O)cc(OC(C)=O)c3C3c4c(O)cc(O)c(C5c6c(OCc7ccccc7)cc(OCc7ccccc7)cc6OC(c6ccc(OCc7ccccc7)c(OCc7ccccc7)c6)C5O)c4OC(c4ccc(O)c(O)c4)C3O)CC2OC(C)=O)cc1OC(C)=O. The third-order valence-corrected chi connectivity index (χ3v) is 18.0. The summed E-state index contributed by atoms with van der Waals surface area (Å²) in [6.45, 7) is 5.80. The van der Waals surface area contributed by atoms with Crippen molar-refractivity contribution >= 4 is 29.8 Å². The van der Waals surface area contributed by atoms with E-state index in [0.29, 0.717) is 11.3 Å². The fraction of sp³-hybridized carbons (Fsp3) is 0.217. The molecule has 8 unspecified atom stereocenters. The van der Waals surface area contributed by atoms with Crippen LogP contribution in [0.25, 0.3) is 0 Å². The maximum atomic E-state index is 13.9. The molecule has 3 heterocycles. The van der Waals surface area contributed by atoms with Gasteiger partial charge in [0.2, 0.25) is 0 Å². The molecule has 106 heavy (non-hydrogen) atoms. The Balaban J connectivity index is 1.07. The van der Waals surface area contributed by atoms with E-state index in [2.05, 4.69) is 0 Å². The Morgan fingerprint density at radius 3 is 1.35 bits per heavy atom. The quantitative estimate of drug-likeness (QED) is 0.0209. The molecule has 0 aromatic heterocycles. The number of fused-ring (bicyclic) bond motifs is 3. The Kier molecular flexibility index (Phi) is 21.0. The highest BCUT2D eigenvalue weighted by atomic mass is 16.6. The average Bonchev–Trinajstić information content (AvgIpc) is 0.712. The summed E-state index contributed by atoms with van der Waals surface area (Å²) in [5.41, 5.74) is 2.87. The van der Waals surface area contributed by atoms with Gasteiger partial charge in [0.15, 0.2) is 52.8 Å². The van der Waals surface area contributed by atoms with Gasteiger partial charge in [-0.25, -0.2) is 0 Å². The summed E-state index contributed by atoms with van der Waals surface area (Å²) in [6.07, 6.45) is -10.3. The van der Waals surface area contributed by atoms with Gasteiger partial charge in [0.1, 0.15) is 96.5 Å². The number of aliphatic hydroxyl groups is 2. The van der Waals surface area contributed by atoms with E-state index in [1.807, 2.05) is 121 Å². The van der Waals surface area contributed by atoms with Gasteiger partial charge in [-0.2, -0.15) is 0 Å². The van der Waals surface area contributed by atoms with Gasteiger partial charge in [0, 0.05) is 98.7 Å². The van der Waals surface area contributed by atoms with Crippen LogP contribution in [0.2, 0.25) is 0 Å². The van der Waals surface area contributed by atoms with E-state index in [0.717, 1.165) is 75.1 Å². The standard InChI is InChI=1S/C83H72O23/c1-44(84)99-63-31-28-54(34-66(63)101-46(3)86)79-70(103-48(5)88)37-57-64(100-45(2)85)39-69(102-47(4)87)74(82(57)105-79)76-72-61(92)38-60(91)71(83(72)106-81(78(76)94)53-26-29-58(89)59(90)32-53)75-73-67(98-43-52-24-16-9-17-25-52)35-56(95-40-49-18-10-6-11-19-49)36-68(73)104-80(77(75)93)55-27-30-62(96-41-50-20-12-7-13-21-50)65(33-55)97-42-51-22-14-8-15-23-51/h6-36,38-39,70,75-81,89-94H,37,40-43H2,1-5H3. The largest absolute Gasteiger partial charge is 0.507 e. The van der Waals surface area contributed by atoms with Gasteiger partial charge < -0.3 is 87.5 Å². The highest BCUT2D eigenvalue weighted by molar-refractivity contribution is 5.78. The summed E-state index contributed by atoms with van der Waals surface area (Å²) in [5, 5.41) is 75.9. The second-order valence-corrected chi connectivity index (χ2v) is 25.5. The van der Waals surface area contributed by atoms with Crippen LogP contribution in [0.1, 0.15) is 132 Å². The van der Waals surface area contributed by atoms with Gasteiger partial charge in [0.05, 0.1) is 11.8 Å². The van der Waals surface area contributed by atoms with Gasteiger partial charge in [-0.15, -0.1) is 0 Å². The van der Waals surface area contributed by atoms with E-state index >= 15 is 0 Å². The van der Waals surface area contributed by atoms with E-state index in [1.54, 1.807) is 30.3 Å². The topological polar surface area (TPSA) is 317 Å². The first-order valence-corrected chi connectivity index (χ1v) is 33.8. The summed E-state index contributed by atoms with van der Waals surface area (Å²) < 4.78 is 76.6. The summed E-state index contributed by atoms with van der Waals surface area (Å²) in [7, 11) is 0. The number of carbonyl (C=O) groups excluding carboxylic acids is 5. The van der Waals surface area contributed by atoms with Gasteiger partial charge in [-0.05, 0) is 69.8 Å². The number of aliphatic hydroxyl groups excluding tert-OH is 2. The Bertz CT molecular complexity index is 4950. The molecule has 13 rings (SSSR count). The van der Waals surface area contributed by atoms with Crippen molar-refractivity contribution < 1.29 is 111 Å². The molecule has 0 saturated heterocycles. The number of benzene rings is 10. The van der Waals surface area contributed by atoms with Gasteiger partial charge in [-0.3, -0.25) is 24.0 Å². The molecule has 0 spiro atoms. The van der Waals surface area contributed by atoms with E-state index in [1.165, 1.54) is 30.3 Å². The normalized spacial score (nSPS) is 18.3. The molecule has 0 bridgehead atoms. The molecule has 6 N–H and O–H groups in total. The molecule has 0 aliphatic carbocycles. The molecular formula is C83H72O23. The smallest absolute Gasteiger partial charge is 0.308 e. The predicted octanol–water partition coefficient (Wildman–Crippen LogP) is 13.4. The van der Waals surface area contributed by atoms with Crippen LogP contribution in [0.15, 0.2) is 200 Å². The molecule has 542 valence electrons. The number of esters is 5. The average molecular weight is 1440 g/mol. The highest BCUT2D eigenvalue weighted by Gasteiger charge is 2.52. The first kappa shape index (κ1) is 71.7. The highest BCUT2D eigenvalue weighted by Crippen LogP contribution is 2.63. The summed E-state index contributed by atoms with van der Waals surface area (Å²) in [6, 6.07) is 55.6. The lowest BCUT2D eigenvalue weighted by Gasteiger charge is -2.43. The van der Waals surface area contributed by atoms with Crippen LogP contribution in [0.4, 0.5) is 0 Å². The number of aromatic hydroxyl groups is 4. The van der Waals surface area contributed by atoms with Crippen LogP contribution in [0.5, 0.6) is 86.2 Å². The third-order valence-electron chi connectivity index (χ3n) is 18.0. The monoisotopic (exact) mass is 1440 g/mol. The zero-order chi connectivity index (χ0) is 74.4. The number of phenolic OH excluding ortho intramolecular Hbond substituents is 4. The van der Waals surface area contributed by atoms with Crippen LogP contribution in [0, 0.1) is 0 Å². The summed E-state index contributed by atoms with van der Waals surface area (Å²) >= 11 is 0. The number of hydrogen-bond acceptors (Lipinski definition) is 23. The van der Waals surface area contributed by atoms with E-state index in [9.17, 15) is 54.6 Å². The lowest BCUT2D eigenvalue weighted by molar-refractivity contribution is -0.152. The van der Waals surface area contributed by atoms with Crippen molar-refractivity contribution in [1.29, 1.82) is 0 Å². The second kappa shape index (κ2) is 31.1. The van der Waals surface area contributed by atoms with Crippen LogP contribution in [-0.4, -0.2) is 78.8 Å². The molecule has 8 atom stereocenters. The third kappa shape index (κ3) is 15.6. The van der Waals surface area contributed by atoms with E-state index < -0.39 is 113 Å². The van der Waals surface area contributed by atoms with Crippen LogP contribution in [-0.2, 0) is 61.6 Å². The van der Waals surface area contributed by atoms with Crippen molar-refractivity contribution in [2.75, 3.05) is 0 Å². The fourth-order valence-corrected chi connectivity index (χ4v) is 13.5. The minimum atomic E-state index is -2.03. The number of ether oxygens (including phenoxy) is 12. The molecule has 0 amide bonds. The molecule has 23 heteroatoms. The maximum Gasteiger partial charge on any atom is 0.308 e. The Labute approximate surface area is 607 Å². The molecule has 10 aromatic rings. The van der Waals surface area contributed by atoms with Crippen molar-refractivity contribution in [3.8, 4) is 86.2 Å². The van der Waals surface area contributed by atoms with Gasteiger partial charge >= 0.3 is 29.8 Å². The molecule has 0 fully saturated rings. The molecular weight excluding hydrogens is 1360 g/mol. The lowest BCUT2D eigenvalue weighted by Crippen LogP contribution is -2.39. The molecule has 23 nitrogen and oxygen atoms in total. The van der Waals surface area contributed by atoms with Crippen molar-refractivity contribution in [2.24, 2.45) is 0 Å². The zero-order valence-corrected chi connectivity index (χ0v) is 57.8. The van der Waals surface area contributed by atoms with Crippen LogP contribution in [0.3, 0.4) is 0 Å². The molecule has 0 saturated carbocycles. The van der Waals surface area contributed by atoms with Gasteiger partial charge in [0.25, 0.3) is 0 Å². The Morgan fingerprint density at radius 2 is 0.802 bits per heavy atom. The maximum absolute atomic E-state index is 13.9.